The minimum Gasteiger partial charge on any atom is -0.364 e. The fourth-order valence-electron chi connectivity index (χ4n) is 3.16. The summed E-state index contributed by atoms with van der Waals surface area (Å²) in [5.41, 5.74) is 4.41. The average Bonchev–Trinajstić information content (AvgIpc) is 2.55. The number of nitrogens with one attached hydrogen (secondary N) is 1. The van der Waals surface area contributed by atoms with Gasteiger partial charge in [-0.25, -0.2) is 13.8 Å². The van der Waals surface area contributed by atoms with Crippen LogP contribution in [0.4, 0.5) is 8.78 Å². The highest BCUT2D eigenvalue weighted by atomic mass is 19.1. The van der Waals surface area contributed by atoms with E-state index in [2.05, 4.69) is 10.3 Å². The van der Waals surface area contributed by atoms with E-state index in [0.717, 1.165) is 6.42 Å². The van der Waals surface area contributed by atoms with Crippen LogP contribution < -0.4 is 11.1 Å². The number of hydrogen-bond donors (Lipinski definition) is 2. The molecule has 2 aromatic rings. The van der Waals surface area contributed by atoms with Gasteiger partial charge in [-0.05, 0) is 37.1 Å². The van der Waals surface area contributed by atoms with E-state index >= 15 is 0 Å². The quantitative estimate of drug-likeness (QED) is 0.872. The Morgan fingerprint density at radius 1 is 1.08 bits per heavy atom. The number of carbonyl (C=O) groups is 2. The largest absolute Gasteiger partial charge is 0.364 e. The number of pyridine rings is 1. The summed E-state index contributed by atoms with van der Waals surface area (Å²) in [4.78, 5) is 27.3. The molecule has 3 rings (SSSR count). The van der Waals surface area contributed by atoms with Crippen LogP contribution in [0.25, 0.3) is 0 Å². The van der Waals surface area contributed by atoms with Crippen LogP contribution >= 0.6 is 0 Å². The fraction of sp³-hybridized carbons (Fsp3) is 0.278. The molecule has 5 nitrogen and oxygen atoms in total. The Kier molecular flexibility index (Phi) is 4.48. The van der Waals surface area contributed by atoms with Gasteiger partial charge >= 0.3 is 0 Å². The Balaban J connectivity index is 1.79. The van der Waals surface area contributed by atoms with Gasteiger partial charge in [0.15, 0.2) is 0 Å². The molecule has 0 unspecified atom stereocenters. The van der Waals surface area contributed by atoms with Gasteiger partial charge in [-0.15, -0.1) is 0 Å². The van der Waals surface area contributed by atoms with Gasteiger partial charge in [0, 0.05) is 17.5 Å². The lowest BCUT2D eigenvalue weighted by molar-refractivity contribution is 0.0919. The van der Waals surface area contributed by atoms with E-state index in [4.69, 9.17) is 5.73 Å². The van der Waals surface area contributed by atoms with Crippen molar-refractivity contribution in [1.29, 1.82) is 0 Å². The van der Waals surface area contributed by atoms with Gasteiger partial charge < -0.3 is 11.1 Å². The average molecular weight is 345 g/mol. The molecule has 1 aromatic heterocycles. The molecule has 0 spiro atoms. The second-order valence-corrected chi connectivity index (χ2v) is 6.19. The van der Waals surface area contributed by atoms with Crippen molar-refractivity contribution in [2.24, 2.45) is 5.73 Å². The molecule has 1 aliphatic carbocycles. The van der Waals surface area contributed by atoms with Crippen LogP contribution in [0, 0.1) is 11.6 Å². The number of amides is 2. The fourth-order valence-corrected chi connectivity index (χ4v) is 3.16. The van der Waals surface area contributed by atoms with Crippen LogP contribution in [0.15, 0.2) is 36.4 Å². The van der Waals surface area contributed by atoms with Crippen molar-refractivity contribution in [3.05, 3.63) is 65.0 Å². The number of primary amides is 1. The molecule has 25 heavy (non-hydrogen) atoms. The van der Waals surface area contributed by atoms with Crippen molar-refractivity contribution >= 4 is 11.8 Å². The molecular formula is C18H17F2N3O2. The summed E-state index contributed by atoms with van der Waals surface area (Å²) in [5.74, 6) is -2.48. The van der Waals surface area contributed by atoms with Gasteiger partial charge in [0.2, 0.25) is 0 Å². The molecule has 0 atom stereocenters. The van der Waals surface area contributed by atoms with Gasteiger partial charge in [0.05, 0.1) is 0 Å². The summed E-state index contributed by atoms with van der Waals surface area (Å²) >= 11 is 0. The second-order valence-electron chi connectivity index (χ2n) is 6.19. The molecular weight excluding hydrogens is 328 g/mol. The summed E-state index contributed by atoms with van der Waals surface area (Å²) in [6, 6.07) is 8.10. The molecule has 130 valence electrons. The molecule has 1 aliphatic rings. The van der Waals surface area contributed by atoms with Crippen LogP contribution in [-0.2, 0) is 5.41 Å². The number of carbonyl (C=O) groups excluding carboxylic acids is 2. The first kappa shape index (κ1) is 17.0. The lowest BCUT2D eigenvalue weighted by Gasteiger charge is -2.42. The van der Waals surface area contributed by atoms with Crippen molar-refractivity contribution in [1.82, 2.24) is 10.3 Å². The van der Waals surface area contributed by atoms with Gasteiger partial charge in [0.25, 0.3) is 11.8 Å². The van der Waals surface area contributed by atoms with Crippen molar-refractivity contribution in [3.8, 4) is 0 Å². The third-order valence-corrected chi connectivity index (χ3v) is 4.63. The summed E-state index contributed by atoms with van der Waals surface area (Å²) < 4.78 is 28.3. The highest BCUT2D eigenvalue weighted by Crippen LogP contribution is 2.45. The first-order chi connectivity index (χ1) is 11.9. The van der Waals surface area contributed by atoms with E-state index < -0.39 is 28.9 Å². The normalized spacial score (nSPS) is 15.3. The minimum absolute atomic E-state index is 0.0143. The molecule has 1 aromatic carbocycles. The van der Waals surface area contributed by atoms with Crippen LogP contribution in [0.1, 0.15) is 45.8 Å². The molecule has 7 heteroatoms. The SMILES string of the molecule is NC(=O)c1cccc(C(=O)NCC2(c3c(F)cccc3F)CCC2)n1. The van der Waals surface area contributed by atoms with Gasteiger partial charge in [-0.2, -0.15) is 0 Å². The van der Waals surface area contributed by atoms with E-state index in [-0.39, 0.29) is 23.5 Å². The van der Waals surface area contributed by atoms with Crippen molar-refractivity contribution < 1.29 is 18.4 Å². The molecule has 0 aliphatic heterocycles. The topological polar surface area (TPSA) is 85.1 Å². The Labute approximate surface area is 143 Å². The van der Waals surface area contributed by atoms with Gasteiger partial charge in [-0.3, -0.25) is 9.59 Å². The predicted molar refractivity (Wildman–Crippen MR) is 87.0 cm³/mol. The van der Waals surface area contributed by atoms with Crippen LogP contribution in [0.5, 0.6) is 0 Å². The van der Waals surface area contributed by atoms with E-state index in [1.807, 2.05) is 0 Å². The van der Waals surface area contributed by atoms with E-state index in [1.165, 1.54) is 36.4 Å². The van der Waals surface area contributed by atoms with Crippen LogP contribution in [0.3, 0.4) is 0 Å². The lowest BCUT2D eigenvalue weighted by Crippen LogP contribution is -2.47. The standard InChI is InChI=1S/C18H17F2N3O2/c19-11-4-1-5-12(20)15(11)18(8-3-9-18)10-22-17(25)14-7-2-6-13(23-14)16(21)24/h1-2,4-7H,3,8-10H2,(H2,21,24)(H,22,25). The number of nitrogens with zero attached hydrogens (tertiary/aromatic N) is 1. The maximum absolute atomic E-state index is 14.1. The summed E-state index contributed by atoms with van der Waals surface area (Å²) in [6.45, 7) is 0.0895. The molecule has 0 bridgehead atoms. The molecule has 0 radical (unpaired) electrons. The zero-order chi connectivity index (χ0) is 18.0. The maximum atomic E-state index is 14.1. The summed E-state index contributed by atoms with van der Waals surface area (Å²) in [5, 5.41) is 2.67. The molecule has 1 fully saturated rings. The van der Waals surface area contributed by atoms with Gasteiger partial charge in [0.1, 0.15) is 23.0 Å². The van der Waals surface area contributed by atoms with Gasteiger partial charge in [-0.1, -0.05) is 18.6 Å². The Morgan fingerprint density at radius 3 is 2.24 bits per heavy atom. The van der Waals surface area contributed by atoms with E-state index in [0.29, 0.717) is 12.8 Å². The monoisotopic (exact) mass is 345 g/mol. The molecule has 2 amide bonds. The first-order valence-electron chi connectivity index (χ1n) is 7.92. The number of benzene rings is 1. The molecule has 1 saturated carbocycles. The summed E-state index contributed by atoms with van der Waals surface area (Å²) in [7, 11) is 0. The third-order valence-electron chi connectivity index (χ3n) is 4.63. The zero-order valence-corrected chi connectivity index (χ0v) is 13.4. The van der Waals surface area contributed by atoms with E-state index in [9.17, 15) is 18.4 Å². The third kappa shape index (κ3) is 3.22. The Bertz CT molecular complexity index is 815. The number of aromatic nitrogens is 1. The number of hydrogen-bond acceptors (Lipinski definition) is 3. The van der Waals surface area contributed by atoms with Crippen LogP contribution in [-0.4, -0.2) is 23.3 Å². The molecule has 3 N–H and O–H groups in total. The Hall–Kier alpha value is -2.83. The van der Waals surface area contributed by atoms with Crippen LogP contribution in [0.2, 0.25) is 0 Å². The zero-order valence-electron chi connectivity index (χ0n) is 13.4. The maximum Gasteiger partial charge on any atom is 0.269 e. The number of rotatable bonds is 5. The summed E-state index contributed by atoms with van der Waals surface area (Å²) in [6.07, 6.45) is 2.00. The first-order valence-corrected chi connectivity index (χ1v) is 7.92. The molecule has 1 heterocycles. The van der Waals surface area contributed by atoms with Crippen molar-refractivity contribution in [3.63, 3.8) is 0 Å². The predicted octanol–water partition coefficient (Wildman–Crippen LogP) is 2.31. The number of nitrogens with two attached hydrogens (primary N) is 1. The van der Waals surface area contributed by atoms with Crippen molar-refractivity contribution in [2.75, 3.05) is 6.54 Å². The van der Waals surface area contributed by atoms with E-state index in [1.54, 1.807) is 0 Å². The highest BCUT2D eigenvalue weighted by Gasteiger charge is 2.42. The smallest absolute Gasteiger partial charge is 0.269 e. The Morgan fingerprint density at radius 2 is 1.68 bits per heavy atom. The lowest BCUT2D eigenvalue weighted by atomic mass is 9.64. The van der Waals surface area contributed by atoms with Crippen molar-refractivity contribution in [2.45, 2.75) is 24.7 Å². The highest BCUT2D eigenvalue weighted by molar-refractivity contribution is 5.95. The number of halogens is 2. The molecule has 0 saturated heterocycles. The minimum atomic E-state index is -0.758. The second kappa shape index (κ2) is 6.58.